The first kappa shape index (κ1) is 16.1. The average molecular weight is 348 g/mol. The van der Waals surface area contributed by atoms with Crippen LogP contribution in [0, 0.1) is 13.8 Å². The number of aryl methyl sites for hydroxylation is 2. The van der Waals surface area contributed by atoms with Crippen molar-refractivity contribution in [2.75, 3.05) is 6.54 Å². The Balaban J connectivity index is 2.19. The molecule has 0 aliphatic rings. The minimum absolute atomic E-state index is 0.813. The third-order valence-corrected chi connectivity index (χ3v) is 3.96. The Labute approximate surface area is 135 Å². The number of rotatable bonds is 6. The summed E-state index contributed by atoms with van der Waals surface area (Å²) in [6.07, 6.45) is 1.13. The number of halogens is 1. The SMILES string of the molecule is CCCNCc1cc(Br)ccc1Oc1ccc(C)c(C)c1. The predicted octanol–water partition coefficient (Wildman–Crippen LogP) is 5.36. The van der Waals surface area contributed by atoms with Gasteiger partial charge in [-0.25, -0.2) is 0 Å². The van der Waals surface area contributed by atoms with Gasteiger partial charge in [0, 0.05) is 16.6 Å². The zero-order valence-corrected chi connectivity index (χ0v) is 14.5. The van der Waals surface area contributed by atoms with Gasteiger partial charge in [-0.05, 0) is 68.3 Å². The van der Waals surface area contributed by atoms with Crippen LogP contribution in [0.3, 0.4) is 0 Å². The van der Waals surface area contributed by atoms with Crippen molar-refractivity contribution in [1.29, 1.82) is 0 Å². The van der Waals surface area contributed by atoms with Gasteiger partial charge in [-0.1, -0.05) is 28.9 Å². The molecular weight excluding hydrogens is 326 g/mol. The van der Waals surface area contributed by atoms with Gasteiger partial charge in [0.2, 0.25) is 0 Å². The first-order valence-electron chi connectivity index (χ1n) is 7.34. The van der Waals surface area contributed by atoms with E-state index in [0.717, 1.165) is 41.0 Å². The first-order valence-corrected chi connectivity index (χ1v) is 8.13. The summed E-state index contributed by atoms with van der Waals surface area (Å²) in [5.41, 5.74) is 3.69. The first-order chi connectivity index (χ1) is 10.1. The summed E-state index contributed by atoms with van der Waals surface area (Å²) in [6, 6.07) is 12.3. The van der Waals surface area contributed by atoms with Crippen LogP contribution in [0.5, 0.6) is 11.5 Å². The molecule has 0 fully saturated rings. The standard InChI is InChI=1S/C18H22BrNO/c1-4-9-20-12-15-11-16(19)6-8-18(15)21-17-7-5-13(2)14(3)10-17/h5-8,10-11,20H,4,9,12H2,1-3H3. The van der Waals surface area contributed by atoms with Crippen molar-refractivity contribution in [2.45, 2.75) is 33.7 Å². The van der Waals surface area contributed by atoms with Crippen molar-refractivity contribution in [3.63, 3.8) is 0 Å². The molecule has 112 valence electrons. The Morgan fingerprint density at radius 3 is 2.57 bits per heavy atom. The van der Waals surface area contributed by atoms with Crippen molar-refractivity contribution in [1.82, 2.24) is 5.32 Å². The van der Waals surface area contributed by atoms with Crippen molar-refractivity contribution >= 4 is 15.9 Å². The third-order valence-electron chi connectivity index (χ3n) is 3.47. The molecule has 2 aromatic carbocycles. The highest BCUT2D eigenvalue weighted by molar-refractivity contribution is 9.10. The van der Waals surface area contributed by atoms with Gasteiger partial charge in [-0.3, -0.25) is 0 Å². The number of nitrogens with one attached hydrogen (secondary N) is 1. The Morgan fingerprint density at radius 1 is 1.05 bits per heavy atom. The molecule has 0 aliphatic carbocycles. The molecule has 0 saturated heterocycles. The Morgan fingerprint density at radius 2 is 1.86 bits per heavy atom. The van der Waals surface area contributed by atoms with Crippen LogP contribution in [0.1, 0.15) is 30.0 Å². The quantitative estimate of drug-likeness (QED) is 0.710. The van der Waals surface area contributed by atoms with Gasteiger partial charge < -0.3 is 10.1 Å². The number of hydrogen-bond donors (Lipinski definition) is 1. The van der Waals surface area contributed by atoms with E-state index in [1.165, 1.54) is 11.1 Å². The molecule has 0 aromatic heterocycles. The lowest BCUT2D eigenvalue weighted by Crippen LogP contribution is -2.14. The molecule has 1 N–H and O–H groups in total. The number of hydrogen-bond acceptors (Lipinski definition) is 2. The lowest BCUT2D eigenvalue weighted by atomic mass is 10.1. The second kappa shape index (κ2) is 7.62. The van der Waals surface area contributed by atoms with E-state index in [1.54, 1.807) is 0 Å². The summed E-state index contributed by atoms with van der Waals surface area (Å²) in [4.78, 5) is 0. The van der Waals surface area contributed by atoms with E-state index >= 15 is 0 Å². The largest absolute Gasteiger partial charge is 0.457 e. The summed E-state index contributed by atoms with van der Waals surface area (Å²) >= 11 is 3.53. The van der Waals surface area contributed by atoms with Gasteiger partial charge in [0.1, 0.15) is 11.5 Å². The highest BCUT2D eigenvalue weighted by Crippen LogP contribution is 2.29. The maximum absolute atomic E-state index is 6.07. The van der Waals surface area contributed by atoms with Gasteiger partial charge in [0.15, 0.2) is 0 Å². The molecule has 0 saturated carbocycles. The summed E-state index contributed by atoms with van der Waals surface area (Å²) in [5.74, 6) is 1.79. The number of benzene rings is 2. The normalized spacial score (nSPS) is 10.7. The minimum atomic E-state index is 0.813. The second-order valence-corrected chi connectivity index (χ2v) is 6.19. The summed E-state index contributed by atoms with van der Waals surface area (Å²) in [7, 11) is 0. The highest BCUT2D eigenvalue weighted by Gasteiger charge is 2.06. The monoisotopic (exact) mass is 347 g/mol. The van der Waals surface area contributed by atoms with Gasteiger partial charge in [-0.15, -0.1) is 0 Å². The molecule has 0 amide bonds. The van der Waals surface area contributed by atoms with Crippen LogP contribution < -0.4 is 10.1 Å². The molecule has 0 aliphatic heterocycles. The lowest BCUT2D eigenvalue weighted by molar-refractivity contribution is 0.472. The van der Waals surface area contributed by atoms with E-state index in [0.29, 0.717) is 0 Å². The molecular formula is C18H22BrNO. The molecule has 2 aromatic rings. The molecule has 0 radical (unpaired) electrons. The fourth-order valence-corrected chi connectivity index (χ4v) is 2.50. The Hall–Kier alpha value is -1.32. The fraction of sp³-hybridized carbons (Fsp3) is 0.333. The van der Waals surface area contributed by atoms with Gasteiger partial charge >= 0.3 is 0 Å². The van der Waals surface area contributed by atoms with Crippen molar-refractivity contribution in [3.8, 4) is 11.5 Å². The molecule has 0 unspecified atom stereocenters. The van der Waals surface area contributed by atoms with Crippen molar-refractivity contribution in [3.05, 3.63) is 57.6 Å². The number of ether oxygens (including phenoxy) is 1. The van der Waals surface area contributed by atoms with Crippen LogP contribution in [0.25, 0.3) is 0 Å². The zero-order valence-electron chi connectivity index (χ0n) is 12.9. The Kier molecular flexibility index (Phi) is 5.83. The minimum Gasteiger partial charge on any atom is -0.457 e. The molecule has 2 rings (SSSR count). The van der Waals surface area contributed by atoms with Gasteiger partial charge in [0.25, 0.3) is 0 Å². The highest BCUT2D eigenvalue weighted by atomic mass is 79.9. The van der Waals surface area contributed by atoms with Crippen LogP contribution in [-0.4, -0.2) is 6.54 Å². The van der Waals surface area contributed by atoms with E-state index in [1.807, 2.05) is 18.2 Å². The maximum atomic E-state index is 6.07. The van der Waals surface area contributed by atoms with Gasteiger partial charge in [-0.2, -0.15) is 0 Å². The predicted molar refractivity (Wildman–Crippen MR) is 92.1 cm³/mol. The maximum Gasteiger partial charge on any atom is 0.131 e. The van der Waals surface area contributed by atoms with E-state index in [9.17, 15) is 0 Å². The molecule has 0 spiro atoms. The van der Waals surface area contributed by atoms with Crippen LogP contribution in [-0.2, 0) is 6.54 Å². The molecule has 0 atom stereocenters. The van der Waals surface area contributed by atoms with E-state index in [4.69, 9.17) is 4.74 Å². The summed E-state index contributed by atoms with van der Waals surface area (Å²) in [5, 5.41) is 3.42. The summed E-state index contributed by atoms with van der Waals surface area (Å²) in [6.45, 7) is 8.20. The molecule has 21 heavy (non-hydrogen) atoms. The van der Waals surface area contributed by atoms with E-state index < -0.39 is 0 Å². The fourth-order valence-electron chi connectivity index (χ4n) is 2.09. The van der Waals surface area contributed by atoms with Crippen molar-refractivity contribution in [2.24, 2.45) is 0 Å². The zero-order chi connectivity index (χ0) is 15.2. The smallest absolute Gasteiger partial charge is 0.131 e. The van der Waals surface area contributed by atoms with Crippen LogP contribution in [0.2, 0.25) is 0 Å². The van der Waals surface area contributed by atoms with E-state index in [2.05, 4.69) is 60.2 Å². The lowest BCUT2D eigenvalue weighted by Gasteiger charge is -2.13. The van der Waals surface area contributed by atoms with Crippen molar-refractivity contribution < 1.29 is 4.74 Å². The van der Waals surface area contributed by atoms with Crippen LogP contribution in [0.15, 0.2) is 40.9 Å². The molecule has 0 heterocycles. The molecule has 2 nitrogen and oxygen atoms in total. The third kappa shape index (κ3) is 4.58. The topological polar surface area (TPSA) is 21.3 Å². The van der Waals surface area contributed by atoms with Crippen LogP contribution in [0.4, 0.5) is 0 Å². The van der Waals surface area contributed by atoms with E-state index in [-0.39, 0.29) is 0 Å². The van der Waals surface area contributed by atoms with Crippen LogP contribution >= 0.6 is 15.9 Å². The Bertz CT molecular complexity index is 610. The molecule has 0 bridgehead atoms. The molecule has 3 heteroatoms. The summed E-state index contributed by atoms with van der Waals surface area (Å²) < 4.78 is 7.14. The average Bonchev–Trinajstić information content (AvgIpc) is 2.46. The van der Waals surface area contributed by atoms with Gasteiger partial charge in [0.05, 0.1) is 0 Å². The second-order valence-electron chi connectivity index (χ2n) is 5.28.